The quantitative estimate of drug-likeness (QED) is 0.313. The highest BCUT2D eigenvalue weighted by Crippen LogP contribution is 2.36. The van der Waals surface area contributed by atoms with E-state index in [-0.39, 0.29) is 25.4 Å². The summed E-state index contributed by atoms with van der Waals surface area (Å²) in [5, 5.41) is 40.6. The Balaban J connectivity index is 2.71. The predicted octanol–water partition coefficient (Wildman–Crippen LogP) is -0.922. The van der Waals surface area contributed by atoms with Gasteiger partial charge < -0.3 is 35.6 Å². The lowest BCUT2D eigenvalue weighted by Gasteiger charge is -2.44. The third-order valence-electron chi connectivity index (χ3n) is 4.76. The van der Waals surface area contributed by atoms with E-state index >= 15 is 0 Å². The largest absolute Gasteiger partial charge is 0.462 e. The van der Waals surface area contributed by atoms with Crippen LogP contribution < -0.4 is 5.73 Å². The van der Waals surface area contributed by atoms with Crippen LogP contribution in [-0.4, -0.2) is 75.0 Å². The number of ketones is 1. The zero-order chi connectivity index (χ0) is 20.9. The fourth-order valence-electron chi connectivity index (χ4n) is 3.33. The van der Waals surface area contributed by atoms with Crippen LogP contribution in [0.4, 0.5) is 0 Å². The molecule has 1 fully saturated rings. The molecule has 0 bridgehead atoms. The van der Waals surface area contributed by atoms with Crippen LogP contribution in [0.15, 0.2) is 0 Å². The molecule has 1 aliphatic rings. The summed E-state index contributed by atoms with van der Waals surface area (Å²) in [6, 6.07) is -0.794. The monoisotopic (exact) mass is 391 g/mol. The van der Waals surface area contributed by atoms with E-state index in [4.69, 9.17) is 15.2 Å². The van der Waals surface area contributed by atoms with Crippen molar-refractivity contribution in [2.24, 2.45) is 17.6 Å². The van der Waals surface area contributed by atoms with Crippen LogP contribution in [0, 0.1) is 11.8 Å². The van der Waals surface area contributed by atoms with E-state index in [2.05, 4.69) is 0 Å². The Morgan fingerprint density at radius 2 is 1.89 bits per heavy atom. The highest BCUT2D eigenvalue weighted by molar-refractivity contribution is 5.83. The normalized spacial score (nSPS) is 32.0. The van der Waals surface area contributed by atoms with Gasteiger partial charge in [-0.2, -0.15) is 0 Å². The summed E-state index contributed by atoms with van der Waals surface area (Å²) in [4.78, 5) is 23.5. The number of aliphatic hydroxyl groups is 4. The highest BCUT2D eigenvalue weighted by atomic mass is 16.6. The molecule has 1 aliphatic heterocycles. The number of carbonyl (C=O) groups is 2. The van der Waals surface area contributed by atoms with E-state index in [1.807, 2.05) is 13.8 Å². The lowest BCUT2D eigenvalue weighted by Crippen LogP contribution is -2.58. The molecular formula is C18H33NO8. The standard InChI is InChI=1S/C18H33NO8/c1-9(2)5-13(19)17(24)26-8-12(22)6-15-16(10(3)20)14(23)7-18(25,27-15)11(4)21/h9-10,12-16,20,22-23,25H,5-8,19H2,1-4H3/t10-,12+,13+,14?,15?,16?,18?/m1/s1. The van der Waals surface area contributed by atoms with Crippen molar-refractivity contribution in [3.63, 3.8) is 0 Å². The Labute approximate surface area is 159 Å². The molecule has 7 atom stereocenters. The highest BCUT2D eigenvalue weighted by Gasteiger charge is 2.50. The Morgan fingerprint density at radius 1 is 1.30 bits per heavy atom. The number of rotatable bonds is 9. The molecule has 0 aromatic heterocycles. The van der Waals surface area contributed by atoms with Crippen molar-refractivity contribution in [2.75, 3.05) is 6.61 Å². The van der Waals surface area contributed by atoms with Crippen LogP contribution in [0.5, 0.6) is 0 Å². The van der Waals surface area contributed by atoms with E-state index in [9.17, 15) is 30.0 Å². The molecule has 0 spiro atoms. The Bertz CT molecular complexity index is 512. The third-order valence-corrected chi connectivity index (χ3v) is 4.76. The number of hydrogen-bond acceptors (Lipinski definition) is 9. The van der Waals surface area contributed by atoms with Crippen LogP contribution in [0.3, 0.4) is 0 Å². The summed E-state index contributed by atoms with van der Waals surface area (Å²) in [7, 11) is 0. The van der Waals surface area contributed by atoms with E-state index in [0.717, 1.165) is 6.92 Å². The van der Waals surface area contributed by atoms with Gasteiger partial charge in [-0.15, -0.1) is 0 Å². The molecule has 0 saturated carbocycles. The average molecular weight is 391 g/mol. The first kappa shape index (κ1) is 23.9. The van der Waals surface area contributed by atoms with Gasteiger partial charge >= 0.3 is 5.97 Å². The van der Waals surface area contributed by atoms with Gasteiger partial charge in [0.2, 0.25) is 5.79 Å². The first-order valence-corrected chi connectivity index (χ1v) is 9.25. The zero-order valence-corrected chi connectivity index (χ0v) is 16.4. The van der Waals surface area contributed by atoms with Crippen molar-refractivity contribution in [2.45, 2.75) is 83.2 Å². The molecule has 1 rings (SSSR count). The second-order valence-electron chi connectivity index (χ2n) is 7.84. The number of hydrogen-bond donors (Lipinski definition) is 5. The molecule has 9 heteroatoms. The van der Waals surface area contributed by atoms with E-state index in [1.165, 1.54) is 6.92 Å². The summed E-state index contributed by atoms with van der Waals surface area (Å²) >= 11 is 0. The number of carbonyl (C=O) groups excluding carboxylic acids is 2. The maximum Gasteiger partial charge on any atom is 0.323 e. The van der Waals surface area contributed by atoms with Gasteiger partial charge in [0.15, 0.2) is 5.78 Å². The molecule has 158 valence electrons. The smallest absolute Gasteiger partial charge is 0.323 e. The third kappa shape index (κ3) is 6.78. The van der Waals surface area contributed by atoms with Crippen LogP contribution in [0.25, 0.3) is 0 Å². The van der Waals surface area contributed by atoms with Crippen molar-refractivity contribution < 1.29 is 39.5 Å². The average Bonchev–Trinajstić information content (AvgIpc) is 2.50. The molecule has 1 heterocycles. The van der Waals surface area contributed by atoms with Gasteiger partial charge in [0, 0.05) is 25.7 Å². The minimum Gasteiger partial charge on any atom is -0.462 e. The lowest BCUT2D eigenvalue weighted by molar-refractivity contribution is -0.285. The molecule has 27 heavy (non-hydrogen) atoms. The maximum atomic E-state index is 11.8. The van der Waals surface area contributed by atoms with E-state index < -0.39 is 53.9 Å². The van der Waals surface area contributed by atoms with Crippen molar-refractivity contribution in [3.8, 4) is 0 Å². The summed E-state index contributed by atoms with van der Waals surface area (Å²) in [5.41, 5.74) is 5.72. The van der Waals surface area contributed by atoms with Gasteiger partial charge in [0.1, 0.15) is 12.6 Å². The van der Waals surface area contributed by atoms with Gasteiger partial charge in [0.05, 0.1) is 24.4 Å². The van der Waals surface area contributed by atoms with Gasteiger partial charge in [-0.05, 0) is 19.3 Å². The topological polar surface area (TPSA) is 160 Å². The van der Waals surface area contributed by atoms with Crippen LogP contribution in [0.2, 0.25) is 0 Å². The summed E-state index contributed by atoms with van der Waals surface area (Å²) in [6.07, 6.45) is -4.49. The molecule has 0 amide bonds. The molecule has 6 N–H and O–H groups in total. The van der Waals surface area contributed by atoms with Crippen molar-refractivity contribution >= 4 is 11.8 Å². The number of Topliss-reactive ketones (excluding diaryl/α,β-unsaturated/α-hetero) is 1. The molecule has 4 unspecified atom stereocenters. The molecule has 0 aromatic carbocycles. The minimum absolute atomic E-state index is 0.158. The molecule has 1 saturated heterocycles. The Hall–Kier alpha value is -1.10. The van der Waals surface area contributed by atoms with Gasteiger partial charge in [0.25, 0.3) is 0 Å². The predicted molar refractivity (Wildman–Crippen MR) is 95.3 cm³/mol. The second-order valence-corrected chi connectivity index (χ2v) is 7.84. The molecule has 0 radical (unpaired) electrons. The number of esters is 1. The fourth-order valence-corrected chi connectivity index (χ4v) is 3.33. The molecule has 0 aromatic rings. The lowest BCUT2D eigenvalue weighted by atomic mass is 9.81. The van der Waals surface area contributed by atoms with Crippen LogP contribution in [0.1, 0.15) is 47.0 Å². The van der Waals surface area contributed by atoms with E-state index in [0.29, 0.717) is 6.42 Å². The van der Waals surface area contributed by atoms with Gasteiger partial charge in [-0.3, -0.25) is 9.59 Å². The Morgan fingerprint density at radius 3 is 2.37 bits per heavy atom. The van der Waals surface area contributed by atoms with Gasteiger partial charge in [-0.1, -0.05) is 13.8 Å². The van der Waals surface area contributed by atoms with Crippen molar-refractivity contribution in [3.05, 3.63) is 0 Å². The summed E-state index contributed by atoms with van der Waals surface area (Å²) in [5.74, 6) is -4.12. The Kier molecular flexibility index (Phi) is 8.78. The SMILES string of the molecule is CC(=O)C1(O)CC(O)C([C@@H](C)O)C(C[C@H](O)COC(=O)[C@@H](N)CC(C)C)O1. The number of aliphatic hydroxyl groups excluding tert-OH is 3. The molecule has 0 aliphatic carbocycles. The van der Waals surface area contributed by atoms with E-state index in [1.54, 1.807) is 0 Å². The second kappa shape index (κ2) is 9.90. The number of nitrogens with two attached hydrogens (primary N) is 1. The molecule has 9 nitrogen and oxygen atoms in total. The van der Waals surface area contributed by atoms with Crippen LogP contribution in [-0.2, 0) is 19.1 Å². The summed E-state index contributed by atoms with van der Waals surface area (Å²) < 4.78 is 10.4. The first-order valence-electron chi connectivity index (χ1n) is 9.25. The zero-order valence-electron chi connectivity index (χ0n) is 16.4. The fraction of sp³-hybridized carbons (Fsp3) is 0.889. The molecular weight excluding hydrogens is 358 g/mol. The van der Waals surface area contributed by atoms with Crippen molar-refractivity contribution in [1.82, 2.24) is 0 Å². The van der Waals surface area contributed by atoms with Gasteiger partial charge in [-0.25, -0.2) is 0 Å². The van der Waals surface area contributed by atoms with Crippen LogP contribution >= 0.6 is 0 Å². The minimum atomic E-state index is -2.19. The number of ether oxygens (including phenoxy) is 2. The first-order chi connectivity index (χ1) is 12.4. The summed E-state index contributed by atoms with van der Waals surface area (Å²) in [6.45, 7) is 6.05. The van der Waals surface area contributed by atoms with Crippen molar-refractivity contribution in [1.29, 1.82) is 0 Å². The maximum absolute atomic E-state index is 11.8.